The quantitative estimate of drug-likeness (QED) is 0.752. The number of hydrogen-bond donors (Lipinski definition) is 1. The van der Waals surface area contributed by atoms with Gasteiger partial charge in [0.05, 0.1) is 10.2 Å². The van der Waals surface area contributed by atoms with Crippen molar-refractivity contribution in [2.24, 2.45) is 0 Å². The van der Waals surface area contributed by atoms with Crippen molar-refractivity contribution >= 4 is 38.3 Å². The third-order valence-corrected chi connectivity index (χ3v) is 4.93. The number of aromatic nitrogens is 1. The monoisotopic (exact) mass is 300 g/mol. The zero-order valence-electron chi connectivity index (χ0n) is 10.8. The van der Waals surface area contributed by atoms with Gasteiger partial charge in [-0.2, -0.15) is 0 Å². The number of nitrogens with zero attached hydrogens (tertiary/aromatic N) is 1. The minimum atomic E-state index is 0.448. The number of benzene rings is 2. The van der Waals surface area contributed by atoms with Crippen molar-refractivity contribution in [3.8, 4) is 0 Å². The topological polar surface area (TPSA) is 24.9 Å². The van der Waals surface area contributed by atoms with Gasteiger partial charge in [0.2, 0.25) is 0 Å². The Kier molecular flexibility index (Phi) is 2.90. The van der Waals surface area contributed by atoms with Gasteiger partial charge in [-0.25, -0.2) is 4.98 Å². The Morgan fingerprint density at radius 3 is 2.60 bits per heavy atom. The summed E-state index contributed by atoms with van der Waals surface area (Å²) in [5.41, 5.74) is 3.88. The number of nitrogens with one attached hydrogen (secondary N) is 1. The third kappa shape index (κ3) is 2.17. The molecule has 1 aromatic heterocycles. The molecule has 3 aromatic rings. The molecule has 1 N–H and O–H groups in total. The number of thiazole rings is 1. The fraction of sp³-hybridized carbons (Fsp3) is 0.188. The summed E-state index contributed by atoms with van der Waals surface area (Å²) in [6.45, 7) is 0. The summed E-state index contributed by atoms with van der Waals surface area (Å²) < 4.78 is 1.17. The fourth-order valence-corrected chi connectivity index (χ4v) is 3.89. The molecule has 100 valence electrons. The highest BCUT2D eigenvalue weighted by Crippen LogP contribution is 2.30. The summed E-state index contributed by atoms with van der Waals surface area (Å²) in [6, 6.07) is 15.0. The van der Waals surface area contributed by atoms with Crippen LogP contribution in [0.15, 0.2) is 42.5 Å². The maximum atomic E-state index is 6.00. The van der Waals surface area contributed by atoms with Gasteiger partial charge >= 0.3 is 0 Å². The molecule has 4 rings (SSSR count). The predicted octanol–water partition coefficient (Wildman–Crippen LogP) is 4.53. The van der Waals surface area contributed by atoms with Crippen molar-refractivity contribution < 1.29 is 0 Å². The Morgan fingerprint density at radius 2 is 1.85 bits per heavy atom. The van der Waals surface area contributed by atoms with E-state index in [4.69, 9.17) is 11.6 Å². The Hall–Kier alpha value is -1.58. The van der Waals surface area contributed by atoms with E-state index < -0.39 is 0 Å². The third-order valence-electron chi connectivity index (χ3n) is 3.73. The summed E-state index contributed by atoms with van der Waals surface area (Å²) in [4.78, 5) is 4.62. The first-order chi connectivity index (χ1) is 9.78. The molecular formula is C16H13ClN2S. The first kappa shape index (κ1) is 12.2. The van der Waals surface area contributed by atoms with Gasteiger partial charge in [0.1, 0.15) is 0 Å². The molecular weight excluding hydrogens is 288 g/mol. The van der Waals surface area contributed by atoms with Crippen LogP contribution in [0.2, 0.25) is 5.02 Å². The summed E-state index contributed by atoms with van der Waals surface area (Å²) in [5.74, 6) is 0. The SMILES string of the molecule is Clc1ccc2sc(NC3Cc4ccccc4C3)nc2c1. The average Bonchev–Trinajstić information content (AvgIpc) is 3.00. The van der Waals surface area contributed by atoms with Crippen LogP contribution < -0.4 is 5.32 Å². The van der Waals surface area contributed by atoms with Crippen LogP contribution in [0.4, 0.5) is 5.13 Å². The molecule has 0 aliphatic heterocycles. The van der Waals surface area contributed by atoms with Crippen LogP contribution in [-0.4, -0.2) is 11.0 Å². The smallest absolute Gasteiger partial charge is 0.184 e. The van der Waals surface area contributed by atoms with Gasteiger partial charge in [0.15, 0.2) is 5.13 Å². The van der Waals surface area contributed by atoms with Gasteiger partial charge in [0, 0.05) is 11.1 Å². The molecule has 4 heteroatoms. The lowest BCUT2D eigenvalue weighted by atomic mass is 10.1. The van der Waals surface area contributed by atoms with E-state index in [9.17, 15) is 0 Å². The van der Waals surface area contributed by atoms with Crippen molar-refractivity contribution in [1.29, 1.82) is 0 Å². The lowest BCUT2D eigenvalue weighted by Gasteiger charge is -2.09. The normalized spacial score (nSPS) is 14.7. The second-order valence-electron chi connectivity index (χ2n) is 5.15. The van der Waals surface area contributed by atoms with E-state index in [0.29, 0.717) is 6.04 Å². The summed E-state index contributed by atoms with van der Waals surface area (Å²) >= 11 is 7.69. The van der Waals surface area contributed by atoms with E-state index >= 15 is 0 Å². The van der Waals surface area contributed by atoms with E-state index in [1.54, 1.807) is 11.3 Å². The lowest BCUT2D eigenvalue weighted by molar-refractivity contribution is 0.773. The molecule has 0 atom stereocenters. The standard InChI is InChI=1S/C16H13ClN2S/c17-12-5-6-15-14(9-12)19-16(20-15)18-13-7-10-3-1-2-4-11(10)8-13/h1-6,9,13H,7-8H2,(H,18,19). The van der Waals surface area contributed by atoms with E-state index in [-0.39, 0.29) is 0 Å². The largest absolute Gasteiger partial charge is 0.358 e. The van der Waals surface area contributed by atoms with E-state index in [1.165, 1.54) is 15.8 Å². The van der Waals surface area contributed by atoms with Crippen LogP contribution in [0, 0.1) is 0 Å². The molecule has 1 aliphatic rings. The van der Waals surface area contributed by atoms with Gasteiger partial charge in [-0.15, -0.1) is 0 Å². The van der Waals surface area contributed by atoms with Gasteiger partial charge in [0.25, 0.3) is 0 Å². The highest BCUT2D eigenvalue weighted by atomic mass is 35.5. The van der Waals surface area contributed by atoms with Crippen molar-refractivity contribution in [3.63, 3.8) is 0 Å². The number of halogens is 1. The Labute approximate surface area is 126 Å². The van der Waals surface area contributed by atoms with Crippen LogP contribution >= 0.6 is 22.9 Å². The van der Waals surface area contributed by atoms with Crippen LogP contribution in [-0.2, 0) is 12.8 Å². The molecule has 0 amide bonds. The number of fused-ring (bicyclic) bond motifs is 2. The molecule has 0 fully saturated rings. The summed E-state index contributed by atoms with van der Waals surface area (Å²) in [7, 11) is 0. The minimum Gasteiger partial charge on any atom is -0.358 e. The van der Waals surface area contributed by atoms with Crippen LogP contribution in [0.3, 0.4) is 0 Å². The Bertz CT molecular complexity index is 756. The molecule has 1 heterocycles. The molecule has 0 bridgehead atoms. The molecule has 0 unspecified atom stereocenters. The van der Waals surface area contributed by atoms with Gasteiger partial charge in [-0.05, 0) is 42.2 Å². The van der Waals surface area contributed by atoms with Crippen LogP contribution in [0.5, 0.6) is 0 Å². The highest BCUT2D eigenvalue weighted by Gasteiger charge is 2.21. The van der Waals surface area contributed by atoms with Gasteiger partial charge in [-0.1, -0.05) is 47.2 Å². The van der Waals surface area contributed by atoms with Crippen LogP contribution in [0.1, 0.15) is 11.1 Å². The molecule has 0 spiro atoms. The van der Waals surface area contributed by atoms with Gasteiger partial charge in [-0.3, -0.25) is 0 Å². The molecule has 0 saturated carbocycles. The summed E-state index contributed by atoms with van der Waals surface area (Å²) in [5, 5.41) is 5.29. The predicted molar refractivity (Wildman–Crippen MR) is 85.9 cm³/mol. The van der Waals surface area contributed by atoms with E-state index in [2.05, 4.69) is 34.6 Å². The van der Waals surface area contributed by atoms with Gasteiger partial charge < -0.3 is 5.32 Å². The average molecular weight is 301 g/mol. The van der Waals surface area contributed by atoms with E-state index in [0.717, 1.165) is 28.5 Å². The second-order valence-corrected chi connectivity index (χ2v) is 6.62. The first-order valence-corrected chi connectivity index (χ1v) is 7.87. The zero-order chi connectivity index (χ0) is 13.5. The molecule has 2 nitrogen and oxygen atoms in total. The molecule has 0 saturated heterocycles. The molecule has 2 aromatic carbocycles. The maximum Gasteiger partial charge on any atom is 0.184 e. The summed E-state index contributed by atoms with van der Waals surface area (Å²) in [6.07, 6.45) is 2.15. The number of hydrogen-bond acceptors (Lipinski definition) is 3. The number of anilines is 1. The second kappa shape index (κ2) is 4.76. The fourth-order valence-electron chi connectivity index (χ4n) is 2.80. The van der Waals surface area contributed by atoms with Crippen molar-refractivity contribution in [2.45, 2.75) is 18.9 Å². The Balaban J connectivity index is 1.57. The molecule has 20 heavy (non-hydrogen) atoms. The molecule has 1 aliphatic carbocycles. The first-order valence-electron chi connectivity index (χ1n) is 6.67. The van der Waals surface area contributed by atoms with Crippen molar-refractivity contribution in [2.75, 3.05) is 5.32 Å². The Morgan fingerprint density at radius 1 is 1.10 bits per heavy atom. The lowest BCUT2D eigenvalue weighted by Crippen LogP contribution is -2.19. The minimum absolute atomic E-state index is 0.448. The maximum absolute atomic E-state index is 6.00. The molecule has 0 radical (unpaired) electrons. The zero-order valence-corrected chi connectivity index (χ0v) is 12.3. The number of rotatable bonds is 2. The van der Waals surface area contributed by atoms with Crippen LogP contribution in [0.25, 0.3) is 10.2 Å². The van der Waals surface area contributed by atoms with E-state index in [1.807, 2.05) is 18.2 Å². The van der Waals surface area contributed by atoms with Crippen molar-refractivity contribution in [1.82, 2.24) is 4.98 Å². The highest BCUT2D eigenvalue weighted by molar-refractivity contribution is 7.22. The van der Waals surface area contributed by atoms with Crippen molar-refractivity contribution in [3.05, 3.63) is 58.6 Å².